The average Bonchev–Trinajstić information content (AvgIpc) is 3.01. The Balaban J connectivity index is 1.47. The first-order chi connectivity index (χ1) is 11.6. The van der Waals surface area contributed by atoms with Gasteiger partial charge in [0.15, 0.2) is 0 Å². The SMILES string of the molecule is Cc1nccn1CC1CCN(CC(=O)N(C)c2ccccc2)CC1. The minimum atomic E-state index is 0.158. The third kappa shape index (κ3) is 4.03. The largest absolute Gasteiger partial charge is 0.335 e. The average molecular weight is 326 g/mol. The Morgan fingerprint density at radius 2 is 1.96 bits per heavy atom. The molecule has 0 aliphatic carbocycles. The monoisotopic (exact) mass is 326 g/mol. The number of anilines is 1. The minimum Gasteiger partial charge on any atom is -0.335 e. The van der Waals surface area contributed by atoms with Gasteiger partial charge in [-0.15, -0.1) is 0 Å². The summed E-state index contributed by atoms with van der Waals surface area (Å²) in [6, 6.07) is 9.83. The number of aryl methyl sites for hydroxylation is 1. The summed E-state index contributed by atoms with van der Waals surface area (Å²) in [5.74, 6) is 1.92. The summed E-state index contributed by atoms with van der Waals surface area (Å²) >= 11 is 0. The first kappa shape index (κ1) is 16.7. The Hall–Kier alpha value is -2.14. The maximum absolute atomic E-state index is 12.5. The summed E-state index contributed by atoms with van der Waals surface area (Å²) in [5, 5.41) is 0. The van der Waals surface area contributed by atoms with Gasteiger partial charge in [0.2, 0.25) is 5.91 Å². The van der Waals surface area contributed by atoms with E-state index in [0.717, 1.165) is 44.0 Å². The van der Waals surface area contributed by atoms with Crippen LogP contribution in [0.4, 0.5) is 5.69 Å². The number of hydrogen-bond donors (Lipinski definition) is 0. The molecule has 0 bridgehead atoms. The number of likely N-dealkylation sites (tertiary alicyclic amines) is 1. The number of rotatable bonds is 5. The number of carbonyl (C=O) groups is 1. The number of likely N-dealkylation sites (N-methyl/N-ethyl adjacent to an activating group) is 1. The molecule has 0 spiro atoms. The van der Waals surface area contributed by atoms with Gasteiger partial charge in [-0.2, -0.15) is 0 Å². The number of nitrogens with zero attached hydrogens (tertiary/aromatic N) is 4. The smallest absolute Gasteiger partial charge is 0.240 e. The van der Waals surface area contributed by atoms with Crippen LogP contribution in [0.5, 0.6) is 0 Å². The predicted octanol–water partition coefficient (Wildman–Crippen LogP) is 2.57. The zero-order valence-electron chi connectivity index (χ0n) is 14.6. The molecule has 0 atom stereocenters. The van der Waals surface area contributed by atoms with Gasteiger partial charge in [-0.25, -0.2) is 4.98 Å². The van der Waals surface area contributed by atoms with E-state index in [2.05, 4.69) is 20.6 Å². The lowest BCUT2D eigenvalue weighted by Gasteiger charge is -2.32. The van der Waals surface area contributed by atoms with Crippen LogP contribution in [0.25, 0.3) is 0 Å². The summed E-state index contributed by atoms with van der Waals surface area (Å²) in [5.41, 5.74) is 0.952. The number of hydrogen-bond acceptors (Lipinski definition) is 3. The van der Waals surface area contributed by atoms with Crippen molar-refractivity contribution in [1.29, 1.82) is 0 Å². The molecule has 2 heterocycles. The van der Waals surface area contributed by atoms with Gasteiger partial charge in [-0.05, 0) is 50.9 Å². The normalized spacial score (nSPS) is 16.2. The van der Waals surface area contributed by atoms with Crippen LogP contribution in [0, 0.1) is 12.8 Å². The van der Waals surface area contributed by atoms with Crippen molar-refractivity contribution < 1.29 is 4.79 Å². The molecule has 24 heavy (non-hydrogen) atoms. The Morgan fingerprint density at radius 3 is 2.58 bits per heavy atom. The number of benzene rings is 1. The van der Waals surface area contributed by atoms with Gasteiger partial charge in [-0.1, -0.05) is 18.2 Å². The van der Waals surface area contributed by atoms with E-state index in [1.165, 1.54) is 0 Å². The summed E-state index contributed by atoms with van der Waals surface area (Å²) in [6.07, 6.45) is 6.20. The fourth-order valence-corrected chi connectivity index (χ4v) is 3.29. The molecule has 3 rings (SSSR count). The van der Waals surface area contributed by atoms with E-state index in [9.17, 15) is 4.79 Å². The number of imidazole rings is 1. The Morgan fingerprint density at radius 1 is 1.25 bits per heavy atom. The molecule has 1 aromatic carbocycles. The molecular weight excluding hydrogens is 300 g/mol. The highest BCUT2D eigenvalue weighted by Gasteiger charge is 2.22. The second-order valence-corrected chi connectivity index (χ2v) is 6.63. The number of carbonyl (C=O) groups excluding carboxylic acids is 1. The molecular formula is C19H26N4O. The van der Waals surface area contributed by atoms with Crippen molar-refractivity contribution in [2.75, 3.05) is 31.6 Å². The van der Waals surface area contributed by atoms with Gasteiger partial charge >= 0.3 is 0 Å². The molecule has 1 aliphatic rings. The van der Waals surface area contributed by atoms with Crippen LogP contribution in [-0.4, -0.2) is 47.0 Å². The van der Waals surface area contributed by atoms with Gasteiger partial charge in [-0.3, -0.25) is 9.69 Å². The van der Waals surface area contributed by atoms with E-state index in [4.69, 9.17) is 0 Å². The topological polar surface area (TPSA) is 41.4 Å². The van der Waals surface area contributed by atoms with Crippen molar-refractivity contribution in [3.05, 3.63) is 48.5 Å². The molecule has 0 N–H and O–H groups in total. The summed E-state index contributed by atoms with van der Waals surface area (Å²) in [4.78, 5) is 20.8. The second kappa shape index (κ2) is 7.62. The van der Waals surface area contributed by atoms with Crippen LogP contribution < -0.4 is 4.90 Å². The minimum absolute atomic E-state index is 0.158. The van der Waals surface area contributed by atoms with Crippen molar-refractivity contribution in [3.8, 4) is 0 Å². The molecule has 5 nitrogen and oxygen atoms in total. The molecule has 0 saturated carbocycles. The first-order valence-electron chi connectivity index (χ1n) is 8.65. The maximum atomic E-state index is 12.5. The van der Waals surface area contributed by atoms with E-state index in [1.807, 2.05) is 50.5 Å². The van der Waals surface area contributed by atoms with Crippen LogP contribution in [0.1, 0.15) is 18.7 Å². The Bertz CT molecular complexity index is 659. The van der Waals surface area contributed by atoms with Gasteiger partial charge in [0.1, 0.15) is 5.82 Å². The maximum Gasteiger partial charge on any atom is 0.240 e. The van der Waals surface area contributed by atoms with Crippen LogP contribution in [-0.2, 0) is 11.3 Å². The molecule has 1 amide bonds. The van der Waals surface area contributed by atoms with Crippen LogP contribution >= 0.6 is 0 Å². The van der Waals surface area contributed by atoms with E-state index in [0.29, 0.717) is 12.5 Å². The molecule has 128 valence electrons. The molecule has 1 aromatic heterocycles. The quantitative estimate of drug-likeness (QED) is 0.848. The third-order valence-corrected chi connectivity index (χ3v) is 4.96. The molecule has 5 heteroatoms. The highest BCUT2D eigenvalue weighted by molar-refractivity contribution is 5.94. The summed E-state index contributed by atoms with van der Waals surface area (Å²) < 4.78 is 2.23. The molecule has 2 aromatic rings. The number of piperidine rings is 1. The number of aromatic nitrogens is 2. The lowest BCUT2D eigenvalue weighted by Crippen LogP contribution is -2.42. The number of para-hydroxylation sites is 1. The zero-order valence-corrected chi connectivity index (χ0v) is 14.6. The lowest BCUT2D eigenvalue weighted by atomic mass is 9.96. The second-order valence-electron chi connectivity index (χ2n) is 6.63. The lowest BCUT2D eigenvalue weighted by molar-refractivity contribution is -0.119. The zero-order chi connectivity index (χ0) is 16.9. The molecule has 1 aliphatic heterocycles. The van der Waals surface area contributed by atoms with E-state index >= 15 is 0 Å². The summed E-state index contributed by atoms with van der Waals surface area (Å²) in [7, 11) is 1.85. The van der Waals surface area contributed by atoms with Crippen LogP contribution in [0.3, 0.4) is 0 Å². The van der Waals surface area contributed by atoms with Gasteiger partial charge in [0, 0.05) is 31.7 Å². The van der Waals surface area contributed by atoms with Crippen molar-refractivity contribution in [2.45, 2.75) is 26.3 Å². The molecule has 1 fully saturated rings. The first-order valence-corrected chi connectivity index (χ1v) is 8.65. The van der Waals surface area contributed by atoms with E-state index in [1.54, 1.807) is 4.90 Å². The van der Waals surface area contributed by atoms with Gasteiger partial charge in [0.25, 0.3) is 0 Å². The summed E-state index contributed by atoms with van der Waals surface area (Å²) in [6.45, 7) is 5.58. The molecule has 1 saturated heterocycles. The Kier molecular flexibility index (Phi) is 5.30. The van der Waals surface area contributed by atoms with Crippen molar-refractivity contribution in [1.82, 2.24) is 14.5 Å². The molecule has 0 unspecified atom stereocenters. The third-order valence-electron chi connectivity index (χ3n) is 4.96. The van der Waals surface area contributed by atoms with E-state index in [-0.39, 0.29) is 5.91 Å². The molecule has 0 radical (unpaired) electrons. The number of amides is 1. The highest BCUT2D eigenvalue weighted by atomic mass is 16.2. The highest BCUT2D eigenvalue weighted by Crippen LogP contribution is 2.20. The van der Waals surface area contributed by atoms with E-state index < -0.39 is 0 Å². The van der Waals surface area contributed by atoms with Crippen molar-refractivity contribution in [2.24, 2.45) is 5.92 Å². The fraction of sp³-hybridized carbons (Fsp3) is 0.474. The van der Waals surface area contributed by atoms with Crippen LogP contribution in [0.15, 0.2) is 42.7 Å². The van der Waals surface area contributed by atoms with Gasteiger partial charge in [0.05, 0.1) is 6.54 Å². The van der Waals surface area contributed by atoms with Crippen LogP contribution in [0.2, 0.25) is 0 Å². The predicted molar refractivity (Wildman–Crippen MR) is 96.0 cm³/mol. The van der Waals surface area contributed by atoms with Crippen molar-refractivity contribution >= 4 is 11.6 Å². The van der Waals surface area contributed by atoms with Gasteiger partial charge < -0.3 is 9.47 Å². The fourth-order valence-electron chi connectivity index (χ4n) is 3.29. The Labute approximate surface area is 143 Å². The van der Waals surface area contributed by atoms with Crippen molar-refractivity contribution in [3.63, 3.8) is 0 Å². The standard InChI is InChI=1S/C19H26N4O/c1-16-20-10-13-23(16)14-17-8-11-22(12-9-17)15-19(24)21(2)18-6-4-3-5-7-18/h3-7,10,13,17H,8-9,11-12,14-15H2,1-2H3.